The zero-order valence-corrected chi connectivity index (χ0v) is 4.78. The Morgan fingerprint density at radius 3 is 2.75 bits per heavy atom. The van der Waals surface area contributed by atoms with Crippen LogP contribution in [0.5, 0.6) is 0 Å². The second-order valence-corrected chi connectivity index (χ2v) is 2.79. The summed E-state index contributed by atoms with van der Waals surface area (Å²) in [5.74, 6) is 0.812. The smallest absolute Gasteiger partial charge is 0.0451 e. The van der Waals surface area contributed by atoms with Gasteiger partial charge in [-0.1, -0.05) is 0 Å². The Labute approximate surface area is 48.8 Å². The Morgan fingerprint density at radius 2 is 2.50 bits per heavy atom. The van der Waals surface area contributed by atoms with Crippen molar-refractivity contribution in [3.05, 3.63) is 0 Å². The highest BCUT2D eigenvalue weighted by molar-refractivity contribution is 5.89. The predicted octanol–water partition coefficient (Wildman–Crippen LogP) is 0.388. The molecule has 2 fully saturated rings. The average molecular weight is 110 g/mol. The molecule has 0 aromatic carbocycles. The summed E-state index contributed by atoms with van der Waals surface area (Å²) in [6.45, 7) is 1.16. The molecule has 8 heavy (non-hydrogen) atoms. The van der Waals surface area contributed by atoms with Gasteiger partial charge in [-0.05, 0) is 25.3 Å². The van der Waals surface area contributed by atoms with Gasteiger partial charge >= 0.3 is 0 Å². The minimum Gasteiger partial charge on any atom is -0.309 e. The molecule has 0 aromatic heterocycles. The van der Waals surface area contributed by atoms with Crippen LogP contribution in [0.15, 0.2) is 0 Å². The van der Waals surface area contributed by atoms with Gasteiger partial charge in [-0.25, -0.2) is 0 Å². The number of hydrogen-bond acceptors (Lipinski definition) is 2. The van der Waals surface area contributed by atoms with E-state index in [9.17, 15) is 0 Å². The lowest BCUT2D eigenvalue weighted by atomic mass is 10.1. The molecule has 0 amide bonds. The minimum atomic E-state index is 0.472. The molecule has 1 saturated carbocycles. The first-order valence-electron chi connectivity index (χ1n) is 3.17. The molecule has 2 nitrogen and oxygen atoms in total. The molecule has 0 radical (unpaired) electrons. The average Bonchev–Trinajstić information content (AvgIpc) is 2.23. The van der Waals surface area contributed by atoms with Crippen LogP contribution in [0.25, 0.3) is 0 Å². The Hall–Kier alpha value is -0.370. The van der Waals surface area contributed by atoms with Gasteiger partial charge in [0.25, 0.3) is 0 Å². The van der Waals surface area contributed by atoms with Crippen molar-refractivity contribution < 1.29 is 0 Å². The molecular formula is C6H10N2. The van der Waals surface area contributed by atoms with Gasteiger partial charge < -0.3 is 10.7 Å². The van der Waals surface area contributed by atoms with E-state index in [1.165, 1.54) is 6.42 Å². The van der Waals surface area contributed by atoms with E-state index >= 15 is 0 Å². The van der Waals surface area contributed by atoms with Crippen LogP contribution in [-0.4, -0.2) is 18.3 Å². The summed E-state index contributed by atoms with van der Waals surface area (Å²) in [7, 11) is 0. The third-order valence-electron chi connectivity index (χ3n) is 2.15. The number of fused-ring (bicyclic) bond motifs is 2. The molecule has 2 unspecified atom stereocenters. The third kappa shape index (κ3) is 0.436. The largest absolute Gasteiger partial charge is 0.309 e. The van der Waals surface area contributed by atoms with Gasteiger partial charge in [-0.15, -0.1) is 0 Å². The maximum atomic E-state index is 7.37. The molecule has 1 saturated heterocycles. The second-order valence-electron chi connectivity index (χ2n) is 2.79. The highest BCUT2D eigenvalue weighted by Crippen LogP contribution is 2.27. The quantitative estimate of drug-likeness (QED) is 0.465. The Bertz CT molecular complexity index is 130. The lowest BCUT2D eigenvalue weighted by Gasteiger charge is -2.10. The van der Waals surface area contributed by atoms with Crippen molar-refractivity contribution in [2.24, 2.45) is 5.92 Å². The van der Waals surface area contributed by atoms with Crippen molar-refractivity contribution in [1.29, 1.82) is 5.41 Å². The zero-order valence-electron chi connectivity index (χ0n) is 4.78. The van der Waals surface area contributed by atoms with Crippen LogP contribution in [0.4, 0.5) is 0 Å². The highest BCUT2D eigenvalue weighted by Gasteiger charge is 2.34. The summed E-state index contributed by atoms with van der Waals surface area (Å²) in [5, 5.41) is 10.7. The van der Waals surface area contributed by atoms with E-state index in [1.54, 1.807) is 0 Å². The SMILES string of the molecule is N=C1CC2CNC1C2. The van der Waals surface area contributed by atoms with E-state index in [0.29, 0.717) is 6.04 Å². The van der Waals surface area contributed by atoms with Gasteiger partial charge in [0.15, 0.2) is 0 Å². The third-order valence-corrected chi connectivity index (χ3v) is 2.15. The van der Waals surface area contributed by atoms with Gasteiger partial charge in [-0.2, -0.15) is 0 Å². The molecule has 2 atom stereocenters. The van der Waals surface area contributed by atoms with Crippen LogP contribution in [-0.2, 0) is 0 Å². The standard InChI is InChI=1S/C6H10N2/c7-5-1-4-2-6(5)8-3-4/h4,6-8H,1-3H2. The van der Waals surface area contributed by atoms with Crippen LogP contribution in [0, 0.1) is 11.3 Å². The zero-order chi connectivity index (χ0) is 5.56. The van der Waals surface area contributed by atoms with Crippen molar-refractivity contribution in [3.63, 3.8) is 0 Å². The topological polar surface area (TPSA) is 35.9 Å². The first-order chi connectivity index (χ1) is 3.86. The Kier molecular flexibility index (Phi) is 0.742. The van der Waals surface area contributed by atoms with Gasteiger partial charge in [0.05, 0.1) is 0 Å². The number of piperidine rings is 1. The normalized spacial score (nSPS) is 43.8. The van der Waals surface area contributed by atoms with Crippen molar-refractivity contribution in [2.45, 2.75) is 18.9 Å². The molecule has 2 bridgehead atoms. The van der Waals surface area contributed by atoms with Crippen molar-refractivity contribution in [3.8, 4) is 0 Å². The predicted molar refractivity (Wildman–Crippen MR) is 32.2 cm³/mol. The Balaban J connectivity index is 2.22. The second kappa shape index (κ2) is 1.32. The lowest BCUT2D eigenvalue weighted by molar-refractivity contribution is 0.616. The van der Waals surface area contributed by atoms with Crippen LogP contribution >= 0.6 is 0 Å². The van der Waals surface area contributed by atoms with E-state index < -0.39 is 0 Å². The van der Waals surface area contributed by atoms with Gasteiger partial charge in [0.1, 0.15) is 0 Å². The Morgan fingerprint density at radius 1 is 1.62 bits per heavy atom. The number of hydrogen-bond donors (Lipinski definition) is 2. The molecule has 2 heteroatoms. The molecule has 1 aliphatic heterocycles. The van der Waals surface area contributed by atoms with Crippen LogP contribution in [0.1, 0.15) is 12.8 Å². The molecule has 1 aliphatic carbocycles. The van der Waals surface area contributed by atoms with Crippen LogP contribution in [0.3, 0.4) is 0 Å². The fraction of sp³-hybridized carbons (Fsp3) is 0.833. The number of rotatable bonds is 0. The van der Waals surface area contributed by atoms with Crippen molar-refractivity contribution in [2.75, 3.05) is 6.54 Å². The summed E-state index contributed by atoms with van der Waals surface area (Å²) in [6.07, 6.45) is 2.30. The van der Waals surface area contributed by atoms with E-state index in [4.69, 9.17) is 5.41 Å². The molecule has 2 aliphatic rings. The molecule has 0 spiro atoms. The van der Waals surface area contributed by atoms with E-state index in [2.05, 4.69) is 5.32 Å². The summed E-state index contributed by atoms with van der Waals surface area (Å²) < 4.78 is 0. The molecule has 2 N–H and O–H groups in total. The summed E-state index contributed by atoms with van der Waals surface area (Å²) in [4.78, 5) is 0. The fourth-order valence-electron chi connectivity index (χ4n) is 1.68. The van der Waals surface area contributed by atoms with Crippen molar-refractivity contribution in [1.82, 2.24) is 5.32 Å². The first-order valence-corrected chi connectivity index (χ1v) is 3.17. The summed E-state index contributed by atoms with van der Waals surface area (Å²) in [6, 6.07) is 0.472. The molecule has 0 aromatic rings. The van der Waals surface area contributed by atoms with Gasteiger partial charge in [-0.3, -0.25) is 0 Å². The molecule has 1 heterocycles. The fourth-order valence-corrected chi connectivity index (χ4v) is 1.68. The molecule has 2 rings (SSSR count). The first kappa shape index (κ1) is 4.50. The van der Waals surface area contributed by atoms with Gasteiger partial charge in [0, 0.05) is 11.8 Å². The molecule has 44 valence electrons. The van der Waals surface area contributed by atoms with Crippen molar-refractivity contribution >= 4 is 5.71 Å². The highest BCUT2D eigenvalue weighted by atomic mass is 15.0. The van der Waals surface area contributed by atoms with E-state index in [0.717, 1.165) is 24.6 Å². The molecular weight excluding hydrogens is 100 g/mol. The summed E-state index contributed by atoms with van der Waals surface area (Å²) >= 11 is 0. The maximum Gasteiger partial charge on any atom is 0.0451 e. The monoisotopic (exact) mass is 110 g/mol. The number of nitrogens with one attached hydrogen (secondary N) is 2. The van der Waals surface area contributed by atoms with E-state index in [1.807, 2.05) is 0 Å². The lowest BCUT2D eigenvalue weighted by Crippen LogP contribution is -2.32. The summed E-state index contributed by atoms with van der Waals surface area (Å²) in [5.41, 5.74) is 0.932. The van der Waals surface area contributed by atoms with Crippen LogP contribution in [0.2, 0.25) is 0 Å². The van der Waals surface area contributed by atoms with Crippen LogP contribution < -0.4 is 5.32 Å². The van der Waals surface area contributed by atoms with E-state index in [-0.39, 0.29) is 0 Å². The maximum absolute atomic E-state index is 7.37. The van der Waals surface area contributed by atoms with Gasteiger partial charge in [0.2, 0.25) is 0 Å². The minimum absolute atomic E-state index is 0.472.